The Morgan fingerprint density at radius 2 is 1.88 bits per heavy atom. The molecule has 130 valence electrons. The van der Waals surface area contributed by atoms with Crippen LogP contribution < -0.4 is 0 Å². The van der Waals surface area contributed by atoms with E-state index in [1.807, 2.05) is 30.0 Å². The van der Waals surface area contributed by atoms with E-state index < -0.39 is 0 Å². The molecule has 2 aromatic rings. The lowest BCUT2D eigenvalue weighted by atomic mass is 10.0. The number of aromatic nitrogens is 2. The van der Waals surface area contributed by atoms with E-state index in [9.17, 15) is 4.79 Å². The minimum absolute atomic E-state index is 0.0293. The average molecular weight is 337 g/mol. The van der Waals surface area contributed by atoms with Crippen molar-refractivity contribution in [2.75, 3.05) is 13.1 Å². The number of carbonyl (C=O) groups excluding carboxylic acids is 1. The third-order valence-electron chi connectivity index (χ3n) is 5.32. The number of ether oxygens (including phenoxy) is 1. The van der Waals surface area contributed by atoms with Gasteiger partial charge in [0.15, 0.2) is 0 Å². The van der Waals surface area contributed by atoms with Crippen molar-refractivity contribution in [3.63, 3.8) is 0 Å². The van der Waals surface area contributed by atoms with E-state index in [1.165, 1.54) is 5.56 Å². The molecule has 0 spiro atoms. The molecule has 2 aliphatic rings. The highest BCUT2D eigenvalue weighted by molar-refractivity contribution is 5.92. The highest BCUT2D eigenvalue weighted by Gasteiger charge is 2.43. The fourth-order valence-electron chi connectivity index (χ4n) is 4.07. The summed E-state index contributed by atoms with van der Waals surface area (Å²) in [5.74, 6) is 1.77. The van der Waals surface area contributed by atoms with Crippen LogP contribution in [0.3, 0.4) is 0 Å². The summed E-state index contributed by atoms with van der Waals surface area (Å²) >= 11 is 0. The topological polar surface area (TPSA) is 55.3 Å². The number of amides is 1. The van der Waals surface area contributed by atoms with Gasteiger partial charge >= 0.3 is 0 Å². The first-order valence-electron chi connectivity index (χ1n) is 8.93. The number of aryl methyl sites for hydroxylation is 1. The third kappa shape index (κ3) is 3.56. The summed E-state index contributed by atoms with van der Waals surface area (Å²) < 4.78 is 6.10. The summed E-state index contributed by atoms with van der Waals surface area (Å²) in [5, 5.41) is 0. The number of benzene rings is 1. The predicted molar refractivity (Wildman–Crippen MR) is 93.9 cm³/mol. The van der Waals surface area contributed by atoms with Crippen LogP contribution in [0.2, 0.25) is 0 Å². The van der Waals surface area contributed by atoms with E-state index in [4.69, 9.17) is 4.74 Å². The summed E-state index contributed by atoms with van der Waals surface area (Å²) in [6.07, 6.45) is 4.06. The van der Waals surface area contributed by atoms with E-state index in [0.29, 0.717) is 36.1 Å². The number of carbonyl (C=O) groups is 1. The minimum Gasteiger partial charge on any atom is -0.374 e. The quantitative estimate of drug-likeness (QED) is 0.861. The van der Waals surface area contributed by atoms with E-state index in [1.54, 1.807) is 12.3 Å². The van der Waals surface area contributed by atoms with Crippen molar-refractivity contribution in [1.82, 2.24) is 14.9 Å². The molecular weight excluding hydrogens is 314 g/mol. The molecule has 1 amide bonds. The molecule has 1 saturated carbocycles. The smallest absolute Gasteiger partial charge is 0.272 e. The summed E-state index contributed by atoms with van der Waals surface area (Å²) in [7, 11) is 0. The van der Waals surface area contributed by atoms with E-state index in [-0.39, 0.29) is 5.91 Å². The maximum absolute atomic E-state index is 12.6. The van der Waals surface area contributed by atoms with Crippen LogP contribution in [-0.4, -0.2) is 40.0 Å². The summed E-state index contributed by atoms with van der Waals surface area (Å²) in [4.78, 5) is 22.9. The Morgan fingerprint density at radius 1 is 1.16 bits per heavy atom. The second-order valence-corrected chi connectivity index (χ2v) is 7.11. The molecule has 1 saturated heterocycles. The SMILES string of the molecule is Cc1nccc(C(=O)N2C[C@H]3CC(OCc4ccccc4)C[C@H]3C2)n1. The highest BCUT2D eigenvalue weighted by atomic mass is 16.5. The van der Waals surface area contributed by atoms with Gasteiger partial charge in [-0.05, 0) is 43.2 Å². The van der Waals surface area contributed by atoms with Gasteiger partial charge in [0.25, 0.3) is 5.91 Å². The Balaban J connectivity index is 1.31. The first-order valence-corrected chi connectivity index (χ1v) is 8.93. The van der Waals surface area contributed by atoms with E-state index in [2.05, 4.69) is 22.1 Å². The van der Waals surface area contributed by atoms with E-state index in [0.717, 1.165) is 25.9 Å². The molecule has 0 radical (unpaired) electrons. The summed E-state index contributed by atoms with van der Waals surface area (Å²) in [6.45, 7) is 4.12. The van der Waals surface area contributed by atoms with Crippen molar-refractivity contribution in [2.24, 2.45) is 11.8 Å². The van der Waals surface area contributed by atoms with Gasteiger partial charge in [0, 0.05) is 19.3 Å². The Hall–Kier alpha value is -2.27. The van der Waals surface area contributed by atoms with Crippen LogP contribution in [0.15, 0.2) is 42.6 Å². The second-order valence-electron chi connectivity index (χ2n) is 7.11. The zero-order chi connectivity index (χ0) is 17.2. The molecule has 25 heavy (non-hydrogen) atoms. The minimum atomic E-state index is 0.0293. The lowest BCUT2D eigenvalue weighted by Gasteiger charge is -2.19. The van der Waals surface area contributed by atoms with Crippen molar-refractivity contribution in [3.05, 3.63) is 59.7 Å². The normalized spacial score (nSPS) is 25.2. The first-order chi connectivity index (χ1) is 12.2. The Bertz CT molecular complexity index is 736. The van der Waals surface area contributed by atoms with E-state index >= 15 is 0 Å². The number of fused-ring (bicyclic) bond motifs is 1. The van der Waals surface area contributed by atoms with Crippen LogP contribution in [0.5, 0.6) is 0 Å². The average Bonchev–Trinajstić information content (AvgIpc) is 3.19. The Labute approximate surface area is 148 Å². The van der Waals surface area contributed by atoms with Crippen LogP contribution in [-0.2, 0) is 11.3 Å². The van der Waals surface area contributed by atoms with Crippen LogP contribution in [0, 0.1) is 18.8 Å². The van der Waals surface area contributed by atoms with Crippen LogP contribution >= 0.6 is 0 Å². The zero-order valence-corrected chi connectivity index (χ0v) is 14.5. The van der Waals surface area contributed by atoms with Crippen LogP contribution in [0.4, 0.5) is 0 Å². The van der Waals surface area contributed by atoms with Gasteiger partial charge in [-0.2, -0.15) is 0 Å². The first kappa shape index (κ1) is 16.2. The molecule has 5 nitrogen and oxygen atoms in total. The Morgan fingerprint density at radius 3 is 2.56 bits per heavy atom. The number of rotatable bonds is 4. The lowest BCUT2D eigenvalue weighted by Crippen LogP contribution is -2.31. The third-order valence-corrected chi connectivity index (χ3v) is 5.32. The predicted octanol–water partition coefficient (Wildman–Crippen LogP) is 2.85. The Kier molecular flexibility index (Phi) is 4.49. The fraction of sp³-hybridized carbons (Fsp3) is 0.450. The molecule has 5 heteroatoms. The molecule has 2 heterocycles. The summed E-state index contributed by atoms with van der Waals surface area (Å²) in [5.41, 5.74) is 1.72. The number of likely N-dealkylation sites (tertiary alicyclic amines) is 1. The zero-order valence-electron chi connectivity index (χ0n) is 14.5. The van der Waals surface area contributed by atoms with Crippen molar-refractivity contribution >= 4 is 5.91 Å². The molecule has 1 aliphatic heterocycles. The molecular formula is C20H23N3O2. The van der Waals surface area contributed by atoms with Crippen molar-refractivity contribution in [2.45, 2.75) is 32.5 Å². The van der Waals surface area contributed by atoms with Crippen molar-refractivity contribution in [1.29, 1.82) is 0 Å². The van der Waals surface area contributed by atoms with Crippen LogP contribution in [0.25, 0.3) is 0 Å². The maximum atomic E-state index is 12.6. The second kappa shape index (κ2) is 6.92. The fourth-order valence-corrected chi connectivity index (χ4v) is 4.07. The molecule has 1 unspecified atom stereocenters. The lowest BCUT2D eigenvalue weighted by molar-refractivity contribution is 0.0367. The largest absolute Gasteiger partial charge is 0.374 e. The standard InChI is InChI=1S/C20H23N3O2/c1-14-21-8-7-19(22-14)20(24)23-11-16-9-18(10-17(16)12-23)25-13-15-5-3-2-4-6-15/h2-8,16-18H,9-13H2,1H3/t16-,17+,18?. The molecule has 2 fully saturated rings. The molecule has 1 aromatic heterocycles. The molecule has 3 atom stereocenters. The van der Waals surface area contributed by atoms with Gasteiger partial charge in [-0.15, -0.1) is 0 Å². The van der Waals surface area contributed by atoms with Gasteiger partial charge in [0.2, 0.25) is 0 Å². The molecule has 1 aromatic carbocycles. The number of hydrogen-bond donors (Lipinski definition) is 0. The van der Waals surface area contributed by atoms with Gasteiger partial charge in [-0.3, -0.25) is 4.79 Å². The van der Waals surface area contributed by atoms with Gasteiger partial charge in [-0.25, -0.2) is 9.97 Å². The van der Waals surface area contributed by atoms with Gasteiger partial charge in [0.1, 0.15) is 11.5 Å². The molecule has 0 N–H and O–H groups in total. The monoisotopic (exact) mass is 337 g/mol. The number of hydrogen-bond acceptors (Lipinski definition) is 4. The van der Waals surface area contributed by atoms with Crippen molar-refractivity contribution in [3.8, 4) is 0 Å². The molecule has 4 rings (SSSR count). The van der Waals surface area contributed by atoms with Crippen molar-refractivity contribution < 1.29 is 9.53 Å². The number of nitrogens with zero attached hydrogens (tertiary/aromatic N) is 3. The van der Waals surface area contributed by atoms with Crippen LogP contribution in [0.1, 0.15) is 34.7 Å². The van der Waals surface area contributed by atoms with Gasteiger partial charge in [-0.1, -0.05) is 30.3 Å². The molecule has 0 bridgehead atoms. The summed E-state index contributed by atoms with van der Waals surface area (Å²) in [6, 6.07) is 12.0. The molecule has 1 aliphatic carbocycles. The van der Waals surface area contributed by atoms with Gasteiger partial charge in [0.05, 0.1) is 12.7 Å². The maximum Gasteiger partial charge on any atom is 0.272 e. The van der Waals surface area contributed by atoms with Gasteiger partial charge < -0.3 is 9.64 Å². The highest BCUT2D eigenvalue weighted by Crippen LogP contribution is 2.40.